The fourth-order valence-electron chi connectivity index (χ4n) is 2.50. The summed E-state index contributed by atoms with van der Waals surface area (Å²) in [6.45, 7) is 0.877. The zero-order chi connectivity index (χ0) is 15.4. The highest BCUT2D eigenvalue weighted by molar-refractivity contribution is 5.94. The smallest absolute Gasteiger partial charge is 0.322 e. The fourth-order valence-corrected chi connectivity index (χ4v) is 2.50. The number of rotatable bonds is 4. The molecule has 1 atom stereocenters. The molecule has 22 heavy (non-hydrogen) atoms. The Morgan fingerprint density at radius 1 is 1.50 bits per heavy atom. The predicted molar refractivity (Wildman–Crippen MR) is 77.9 cm³/mol. The standard InChI is InChI=1S/C14H17N5O3/c20-13(15-9-11-3-2-6-22-11)12-4-1-5-19(12)14(21)18-10-7-16-17-8-10/h2-3,6-8,12H,1,4-5,9H2,(H,15,20)(H,16,17)(H,18,21)/t12-/m1/s1. The number of nitrogens with one attached hydrogen (secondary N) is 3. The van der Waals surface area contributed by atoms with E-state index in [2.05, 4.69) is 20.8 Å². The Labute approximate surface area is 126 Å². The number of hydrogen-bond donors (Lipinski definition) is 3. The molecular weight excluding hydrogens is 286 g/mol. The Morgan fingerprint density at radius 3 is 3.14 bits per heavy atom. The molecule has 8 nitrogen and oxygen atoms in total. The largest absolute Gasteiger partial charge is 0.467 e. The van der Waals surface area contributed by atoms with E-state index < -0.39 is 6.04 Å². The van der Waals surface area contributed by atoms with Crippen LogP contribution in [0.2, 0.25) is 0 Å². The van der Waals surface area contributed by atoms with E-state index in [9.17, 15) is 9.59 Å². The van der Waals surface area contributed by atoms with Gasteiger partial charge in [0.25, 0.3) is 0 Å². The molecule has 1 aliphatic heterocycles. The number of anilines is 1. The van der Waals surface area contributed by atoms with Gasteiger partial charge in [-0.15, -0.1) is 0 Å². The molecule has 116 valence electrons. The monoisotopic (exact) mass is 303 g/mol. The van der Waals surface area contributed by atoms with Crippen molar-refractivity contribution in [3.05, 3.63) is 36.5 Å². The van der Waals surface area contributed by atoms with E-state index >= 15 is 0 Å². The summed E-state index contributed by atoms with van der Waals surface area (Å²) in [6, 6.07) is 2.80. The molecule has 0 unspecified atom stereocenters. The molecule has 1 fully saturated rings. The van der Waals surface area contributed by atoms with E-state index in [1.54, 1.807) is 29.5 Å². The van der Waals surface area contributed by atoms with Crippen LogP contribution in [0.15, 0.2) is 35.2 Å². The third-order valence-corrected chi connectivity index (χ3v) is 3.58. The maximum absolute atomic E-state index is 12.3. The van der Waals surface area contributed by atoms with Crippen LogP contribution in [0.1, 0.15) is 18.6 Å². The molecule has 3 rings (SSSR count). The second-order valence-electron chi connectivity index (χ2n) is 5.07. The second kappa shape index (κ2) is 6.33. The van der Waals surface area contributed by atoms with Crippen molar-refractivity contribution in [3.63, 3.8) is 0 Å². The highest BCUT2D eigenvalue weighted by Crippen LogP contribution is 2.19. The van der Waals surface area contributed by atoms with E-state index in [0.29, 0.717) is 31.0 Å². The van der Waals surface area contributed by atoms with E-state index in [1.807, 2.05) is 0 Å². The summed E-state index contributed by atoms with van der Waals surface area (Å²) in [5.74, 6) is 0.511. The van der Waals surface area contributed by atoms with E-state index in [-0.39, 0.29) is 11.9 Å². The van der Waals surface area contributed by atoms with Crippen molar-refractivity contribution < 1.29 is 14.0 Å². The van der Waals surface area contributed by atoms with Crippen molar-refractivity contribution in [1.29, 1.82) is 0 Å². The predicted octanol–water partition coefficient (Wildman–Crippen LogP) is 1.32. The summed E-state index contributed by atoms with van der Waals surface area (Å²) in [5, 5.41) is 11.9. The molecule has 3 N–H and O–H groups in total. The molecule has 1 saturated heterocycles. The first-order valence-corrected chi connectivity index (χ1v) is 7.10. The number of urea groups is 1. The molecule has 3 heterocycles. The van der Waals surface area contributed by atoms with E-state index in [1.165, 1.54) is 6.20 Å². The minimum absolute atomic E-state index is 0.170. The summed E-state index contributed by atoms with van der Waals surface area (Å²) in [7, 11) is 0. The molecular formula is C14H17N5O3. The Morgan fingerprint density at radius 2 is 2.41 bits per heavy atom. The van der Waals surface area contributed by atoms with Crippen LogP contribution in [0, 0.1) is 0 Å². The molecule has 0 radical (unpaired) electrons. The van der Waals surface area contributed by atoms with Gasteiger partial charge in [0.2, 0.25) is 5.91 Å². The van der Waals surface area contributed by atoms with Gasteiger partial charge in [-0.05, 0) is 25.0 Å². The van der Waals surface area contributed by atoms with Gasteiger partial charge in [0.05, 0.1) is 24.7 Å². The molecule has 0 saturated carbocycles. The lowest BCUT2D eigenvalue weighted by molar-refractivity contribution is -0.124. The Balaban J connectivity index is 1.57. The number of carbonyl (C=O) groups excluding carboxylic acids is 2. The lowest BCUT2D eigenvalue weighted by atomic mass is 10.2. The number of carbonyl (C=O) groups is 2. The third-order valence-electron chi connectivity index (χ3n) is 3.58. The van der Waals surface area contributed by atoms with Crippen LogP contribution in [0.3, 0.4) is 0 Å². The number of aromatic amines is 1. The summed E-state index contributed by atoms with van der Waals surface area (Å²) >= 11 is 0. The van der Waals surface area contributed by atoms with Crippen molar-refractivity contribution in [2.75, 3.05) is 11.9 Å². The van der Waals surface area contributed by atoms with E-state index in [4.69, 9.17) is 4.42 Å². The minimum atomic E-state index is -0.457. The summed E-state index contributed by atoms with van der Waals surface area (Å²) in [5.41, 5.74) is 0.576. The maximum atomic E-state index is 12.3. The molecule has 0 aliphatic carbocycles. The first-order chi connectivity index (χ1) is 10.7. The lowest BCUT2D eigenvalue weighted by Gasteiger charge is -2.23. The maximum Gasteiger partial charge on any atom is 0.322 e. The Kier molecular flexibility index (Phi) is 4.08. The van der Waals surface area contributed by atoms with E-state index in [0.717, 1.165) is 6.42 Å². The Bertz CT molecular complexity index is 623. The summed E-state index contributed by atoms with van der Waals surface area (Å²) in [4.78, 5) is 26.0. The van der Waals surface area contributed by atoms with Gasteiger partial charge >= 0.3 is 6.03 Å². The lowest BCUT2D eigenvalue weighted by Crippen LogP contribution is -2.47. The zero-order valence-corrected chi connectivity index (χ0v) is 11.9. The van der Waals surface area contributed by atoms with Crippen LogP contribution < -0.4 is 10.6 Å². The van der Waals surface area contributed by atoms with Gasteiger partial charge in [0.1, 0.15) is 11.8 Å². The van der Waals surface area contributed by atoms with Gasteiger partial charge in [-0.3, -0.25) is 9.89 Å². The highest BCUT2D eigenvalue weighted by atomic mass is 16.3. The topological polar surface area (TPSA) is 103 Å². The number of nitrogens with zero attached hydrogens (tertiary/aromatic N) is 2. The van der Waals surface area contributed by atoms with Crippen molar-refractivity contribution in [2.24, 2.45) is 0 Å². The van der Waals surface area contributed by atoms with Crippen LogP contribution in [0.25, 0.3) is 0 Å². The molecule has 2 aromatic heterocycles. The quantitative estimate of drug-likeness (QED) is 0.792. The normalized spacial score (nSPS) is 17.5. The molecule has 1 aliphatic rings. The third kappa shape index (κ3) is 3.11. The van der Waals surface area contributed by atoms with Crippen molar-refractivity contribution in [3.8, 4) is 0 Å². The molecule has 0 spiro atoms. The summed E-state index contributed by atoms with van der Waals surface area (Å²) in [6.07, 6.45) is 6.11. The fraction of sp³-hybridized carbons (Fsp3) is 0.357. The number of H-pyrrole nitrogens is 1. The SMILES string of the molecule is O=C(NCc1ccco1)[C@H]1CCCN1C(=O)Nc1cn[nH]c1. The molecule has 3 amide bonds. The van der Waals surface area contributed by atoms with Gasteiger partial charge < -0.3 is 20.0 Å². The highest BCUT2D eigenvalue weighted by Gasteiger charge is 2.34. The van der Waals surface area contributed by atoms with Crippen LogP contribution in [0.5, 0.6) is 0 Å². The number of hydrogen-bond acceptors (Lipinski definition) is 4. The molecule has 0 aromatic carbocycles. The minimum Gasteiger partial charge on any atom is -0.467 e. The van der Waals surface area contributed by atoms with Crippen LogP contribution in [-0.2, 0) is 11.3 Å². The van der Waals surface area contributed by atoms with Gasteiger partial charge in [-0.2, -0.15) is 5.10 Å². The average Bonchev–Trinajstić information content (AvgIpc) is 3.25. The number of aromatic nitrogens is 2. The zero-order valence-electron chi connectivity index (χ0n) is 11.9. The van der Waals surface area contributed by atoms with Crippen molar-refractivity contribution in [1.82, 2.24) is 20.4 Å². The second-order valence-corrected chi connectivity index (χ2v) is 5.07. The van der Waals surface area contributed by atoms with Crippen LogP contribution in [-0.4, -0.2) is 39.6 Å². The Hall–Kier alpha value is -2.77. The van der Waals surface area contributed by atoms with Gasteiger partial charge in [0.15, 0.2) is 0 Å². The number of amides is 3. The number of furan rings is 1. The van der Waals surface area contributed by atoms with Crippen molar-refractivity contribution in [2.45, 2.75) is 25.4 Å². The average molecular weight is 303 g/mol. The van der Waals surface area contributed by atoms with Crippen molar-refractivity contribution >= 4 is 17.6 Å². The van der Waals surface area contributed by atoms with Crippen LogP contribution in [0.4, 0.5) is 10.5 Å². The first kappa shape index (κ1) is 14.2. The van der Waals surface area contributed by atoms with Crippen LogP contribution >= 0.6 is 0 Å². The van der Waals surface area contributed by atoms with Gasteiger partial charge in [-0.25, -0.2) is 4.79 Å². The van der Waals surface area contributed by atoms with Gasteiger partial charge in [0, 0.05) is 12.7 Å². The molecule has 8 heteroatoms. The number of likely N-dealkylation sites (tertiary alicyclic amines) is 1. The molecule has 2 aromatic rings. The molecule has 0 bridgehead atoms. The first-order valence-electron chi connectivity index (χ1n) is 7.10. The summed E-state index contributed by atoms with van der Waals surface area (Å²) < 4.78 is 5.17. The van der Waals surface area contributed by atoms with Gasteiger partial charge in [-0.1, -0.05) is 0 Å².